The van der Waals surface area contributed by atoms with Gasteiger partial charge in [0.15, 0.2) is 6.17 Å². The van der Waals surface area contributed by atoms with E-state index < -0.39 is 40.5 Å². The number of halogens is 3. The van der Waals surface area contributed by atoms with Crippen LogP contribution >= 0.6 is 0 Å². The van der Waals surface area contributed by atoms with E-state index in [1.54, 1.807) is 0 Å². The Kier molecular flexibility index (Phi) is 5.81. The molecule has 9 heteroatoms. The Balaban J connectivity index is 2.38. The Morgan fingerprint density at radius 2 is 1.85 bits per heavy atom. The van der Waals surface area contributed by atoms with E-state index in [1.807, 2.05) is 0 Å². The van der Waals surface area contributed by atoms with Crippen molar-refractivity contribution in [3.63, 3.8) is 0 Å². The van der Waals surface area contributed by atoms with Crippen molar-refractivity contribution in [1.82, 2.24) is 0 Å². The summed E-state index contributed by atoms with van der Waals surface area (Å²) in [5, 5.41) is -4.90. The van der Waals surface area contributed by atoms with E-state index in [0.717, 1.165) is 19.3 Å². The summed E-state index contributed by atoms with van der Waals surface area (Å²) in [5.41, 5.74) is 0. The van der Waals surface area contributed by atoms with Crippen molar-refractivity contribution in [1.29, 1.82) is 0 Å². The van der Waals surface area contributed by atoms with Crippen molar-refractivity contribution in [3.8, 4) is 0 Å². The van der Waals surface area contributed by atoms with E-state index in [0.29, 0.717) is 12.8 Å². The van der Waals surface area contributed by atoms with Gasteiger partial charge in [0, 0.05) is 6.42 Å². The lowest BCUT2D eigenvalue weighted by molar-refractivity contribution is -0.150. The normalized spacial score (nSPS) is 19.6. The van der Waals surface area contributed by atoms with Gasteiger partial charge in [0.05, 0.1) is 12.5 Å². The van der Waals surface area contributed by atoms with Gasteiger partial charge in [-0.1, -0.05) is 19.3 Å². The number of hydrogen-bond donors (Lipinski definition) is 1. The molecular weight excluding hydrogens is 301 g/mol. The van der Waals surface area contributed by atoms with Crippen LogP contribution in [-0.4, -0.2) is 37.0 Å². The van der Waals surface area contributed by atoms with Gasteiger partial charge in [-0.3, -0.25) is 9.35 Å². The van der Waals surface area contributed by atoms with Crippen molar-refractivity contribution in [2.45, 2.75) is 50.0 Å². The highest BCUT2D eigenvalue weighted by Crippen LogP contribution is 2.30. The van der Waals surface area contributed by atoms with Crippen LogP contribution in [0.3, 0.4) is 0 Å². The van der Waals surface area contributed by atoms with Gasteiger partial charge in [-0.05, 0) is 12.8 Å². The van der Waals surface area contributed by atoms with Crippen LogP contribution in [0.25, 0.3) is 0 Å². The first-order chi connectivity index (χ1) is 9.16. The Morgan fingerprint density at radius 3 is 2.35 bits per heavy atom. The molecule has 1 saturated carbocycles. The standard InChI is InChI=1S/C11H17F3O5S/c12-9(11(13,14)20(16,17)18)6-7-19-10(15)8-4-2-1-3-5-8/h8-9H,1-7H2,(H,16,17,18). The minimum Gasteiger partial charge on any atom is -0.465 e. The van der Waals surface area contributed by atoms with Crippen LogP contribution in [0.2, 0.25) is 0 Å². The molecule has 1 N–H and O–H groups in total. The van der Waals surface area contributed by atoms with Gasteiger partial charge in [0.2, 0.25) is 0 Å². The summed E-state index contributed by atoms with van der Waals surface area (Å²) in [7, 11) is -5.82. The van der Waals surface area contributed by atoms with E-state index in [4.69, 9.17) is 4.55 Å². The second-order valence-corrected chi connectivity index (χ2v) is 6.29. The van der Waals surface area contributed by atoms with E-state index in [1.165, 1.54) is 0 Å². The molecular formula is C11H17F3O5S. The summed E-state index contributed by atoms with van der Waals surface area (Å²) in [6, 6.07) is 0. The zero-order valence-electron chi connectivity index (χ0n) is 10.7. The molecule has 0 aromatic rings. The molecule has 20 heavy (non-hydrogen) atoms. The van der Waals surface area contributed by atoms with E-state index in [9.17, 15) is 26.4 Å². The second-order valence-electron chi connectivity index (χ2n) is 4.80. The molecule has 0 radical (unpaired) electrons. The highest BCUT2D eigenvalue weighted by molar-refractivity contribution is 7.86. The maximum absolute atomic E-state index is 13.1. The summed E-state index contributed by atoms with van der Waals surface area (Å²) in [6.07, 6.45) is -0.0319. The lowest BCUT2D eigenvalue weighted by Gasteiger charge is -2.21. The predicted octanol–water partition coefficient (Wildman–Crippen LogP) is 2.32. The number of rotatable bonds is 6. The summed E-state index contributed by atoms with van der Waals surface area (Å²) in [6.45, 7) is -0.651. The van der Waals surface area contributed by atoms with Gasteiger partial charge in [-0.25, -0.2) is 4.39 Å². The van der Waals surface area contributed by atoms with Crippen LogP contribution in [0.5, 0.6) is 0 Å². The van der Waals surface area contributed by atoms with Crippen molar-refractivity contribution in [2.24, 2.45) is 5.92 Å². The van der Waals surface area contributed by atoms with Crippen LogP contribution in [0, 0.1) is 5.92 Å². The van der Waals surface area contributed by atoms with Crippen molar-refractivity contribution < 1.29 is 35.7 Å². The molecule has 1 aliphatic rings. The molecule has 118 valence electrons. The van der Waals surface area contributed by atoms with Gasteiger partial charge in [0.1, 0.15) is 0 Å². The summed E-state index contributed by atoms with van der Waals surface area (Å²) >= 11 is 0. The van der Waals surface area contributed by atoms with E-state index in [-0.39, 0.29) is 5.92 Å². The monoisotopic (exact) mass is 318 g/mol. The molecule has 0 heterocycles. The predicted molar refractivity (Wildman–Crippen MR) is 63.5 cm³/mol. The van der Waals surface area contributed by atoms with Gasteiger partial charge < -0.3 is 4.74 Å². The molecule has 0 amide bonds. The first kappa shape index (κ1) is 17.2. The molecule has 1 fully saturated rings. The Labute approximate surface area is 115 Å². The number of ether oxygens (including phenoxy) is 1. The molecule has 0 bridgehead atoms. The van der Waals surface area contributed by atoms with Crippen LogP contribution in [-0.2, 0) is 19.6 Å². The average molecular weight is 318 g/mol. The summed E-state index contributed by atoms with van der Waals surface area (Å²) in [4.78, 5) is 11.5. The van der Waals surface area contributed by atoms with Crippen molar-refractivity contribution in [2.75, 3.05) is 6.61 Å². The number of carbonyl (C=O) groups is 1. The average Bonchev–Trinajstić information content (AvgIpc) is 2.38. The minimum atomic E-state index is -5.82. The topological polar surface area (TPSA) is 80.7 Å². The molecule has 1 atom stereocenters. The third kappa shape index (κ3) is 4.34. The Bertz CT molecular complexity index is 431. The van der Waals surface area contributed by atoms with Crippen LogP contribution in [0.1, 0.15) is 38.5 Å². The minimum absolute atomic E-state index is 0.302. The second kappa shape index (κ2) is 6.75. The molecule has 0 aromatic carbocycles. The zero-order valence-corrected chi connectivity index (χ0v) is 11.5. The summed E-state index contributed by atoms with van der Waals surface area (Å²) < 4.78 is 72.3. The molecule has 1 rings (SSSR count). The van der Waals surface area contributed by atoms with Crippen molar-refractivity contribution >= 4 is 16.1 Å². The molecule has 5 nitrogen and oxygen atoms in total. The third-order valence-electron chi connectivity index (χ3n) is 3.26. The van der Waals surface area contributed by atoms with Gasteiger partial charge in [0.25, 0.3) is 0 Å². The largest absolute Gasteiger partial charge is 0.465 e. The van der Waals surface area contributed by atoms with Crippen molar-refractivity contribution in [3.05, 3.63) is 0 Å². The Hall–Kier alpha value is -0.830. The molecule has 1 aliphatic carbocycles. The SMILES string of the molecule is O=C(OCCC(F)C(F)(F)S(=O)(=O)O)C1CCCCC1. The van der Waals surface area contributed by atoms with E-state index >= 15 is 0 Å². The number of carbonyl (C=O) groups excluding carboxylic acids is 1. The van der Waals surface area contributed by atoms with Crippen LogP contribution in [0.15, 0.2) is 0 Å². The molecule has 0 spiro atoms. The smallest absolute Gasteiger partial charge is 0.400 e. The van der Waals surface area contributed by atoms with Crippen LogP contribution in [0.4, 0.5) is 13.2 Å². The molecule has 0 saturated heterocycles. The van der Waals surface area contributed by atoms with Crippen LogP contribution < -0.4 is 0 Å². The van der Waals surface area contributed by atoms with Gasteiger partial charge in [-0.15, -0.1) is 0 Å². The highest BCUT2D eigenvalue weighted by Gasteiger charge is 2.52. The maximum atomic E-state index is 13.1. The first-order valence-electron chi connectivity index (χ1n) is 6.32. The third-order valence-corrected chi connectivity index (χ3v) is 4.21. The quantitative estimate of drug-likeness (QED) is 0.600. The summed E-state index contributed by atoms with van der Waals surface area (Å²) in [5.74, 6) is -0.879. The number of esters is 1. The lowest BCUT2D eigenvalue weighted by atomic mass is 9.89. The maximum Gasteiger partial charge on any atom is 0.400 e. The molecule has 0 aromatic heterocycles. The van der Waals surface area contributed by atoms with Gasteiger partial charge >= 0.3 is 21.3 Å². The zero-order chi connectivity index (χ0) is 15.4. The molecule has 0 aliphatic heterocycles. The Morgan fingerprint density at radius 1 is 1.30 bits per heavy atom. The van der Waals surface area contributed by atoms with Gasteiger partial charge in [-0.2, -0.15) is 17.2 Å². The highest BCUT2D eigenvalue weighted by atomic mass is 32.2. The van der Waals surface area contributed by atoms with E-state index in [2.05, 4.69) is 4.74 Å². The fourth-order valence-corrected chi connectivity index (χ4v) is 2.49. The molecule has 1 unspecified atom stereocenters. The number of alkyl halides is 3. The lowest BCUT2D eigenvalue weighted by Crippen LogP contribution is -2.39. The fourth-order valence-electron chi connectivity index (χ4n) is 2.05. The fraction of sp³-hybridized carbons (Fsp3) is 0.909. The number of hydrogen-bond acceptors (Lipinski definition) is 4. The first-order valence-corrected chi connectivity index (χ1v) is 7.76.